The summed E-state index contributed by atoms with van der Waals surface area (Å²) >= 11 is 1.54. The number of carbonyl (C=O) groups is 1. The molecule has 0 atom stereocenters. The van der Waals surface area contributed by atoms with E-state index in [0.29, 0.717) is 11.7 Å². The van der Waals surface area contributed by atoms with E-state index in [1.165, 1.54) is 11.3 Å². The number of aryl methyl sites for hydroxylation is 1. The number of benzene rings is 1. The maximum absolute atomic E-state index is 12.0. The van der Waals surface area contributed by atoms with Crippen molar-refractivity contribution in [1.29, 1.82) is 0 Å². The average molecular weight is 328 g/mol. The van der Waals surface area contributed by atoms with Crippen molar-refractivity contribution in [2.75, 3.05) is 5.32 Å². The molecule has 118 valence electrons. The van der Waals surface area contributed by atoms with Crippen LogP contribution in [0.2, 0.25) is 0 Å². The second-order valence-electron chi connectivity index (χ2n) is 4.97. The van der Waals surface area contributed by atoms with Crippen molar-refractivity contribution in [3.63, 3.8) is 0 Å². The number of amides is 1. The van der Waals surface area contributed by atoms with E-state index in [-0.39, 0.29) is 12.3 Å². The monoisotopic (exact) mass is 328 g/mol. The Hall–Kier alpha value is -2.54. The number of hydrogen-bond donors (Lipinski definition) is 1. The summed E-state index contributed by atoms with van der Waals surface area (Å²) in [5.74, 6) is 0.589. The van der Waals surface area contributed by atoms with Crippen LogP contribution in [0, 0.1) is 0 Å². The van der Waals surface area contributed by atoms with Crippen LogP contribution in [0.1, 0.15) is 24.2 Å². The highest BCUT2D eigenvalue weighted by molar-refractivity contribution is 7.15. The van der Waals surface area contributed by atoms with Gasteiger partial charge in [0.15, 0.2) is 5.82 Å². The molecule has 2 aromatic heterocycles. The summed E-state index contributed by atoms with van der Waals surface area (Å²) in [6.45, 7) is 2.11. The molecule has 1 amide bonds. The minimum Gasteiger partial charge on any atom is -0.333 e. The van der Waals surface area contributed by atoms with Gasteiger partial charge in [0.1, 0.15) is 4.88 Å². The molecule has 2 heterocycles. The van der Waals surface area contributed by atoms with Gasteiger partial charge in [-0.05, 0) is 25.0 Å². The molecule has 0 aliphatic rings. The van der Waals surface area contributed by atoms with E-state index in [2.05, 4.69) is 27.4 Å². The van der Waals surface area contributed by atoms with Crippen LogP contribution in [-0.2, 0) is 17.6 Å². The fraction of sp³-hybridized carbons (Fsp3) is 0.250. The lowest BCUT2D eigenvalue weighted by atomic mass is 10.3. The molecule has 0 spiro atoms. The smallest absolute Gasteiger partial charge is 0.269 e. The van der Waals surface area contributed by atoms with E-state index in [0.717, 1.165) is 28.4 Å². The minimum atomic E-state index is -0.181. The number of nitrogens with one attached hydrogen (secondary N) is 1. The number of carbonyl (C=O) groups excluding carboxylic acids is 1. The lowest BCUT2D eigenvalue weighted by Gasteiger charge is -2.01. The molecule has 0 saturated carbocycles. The van der Waals surface area contributed by atoms with E-state index in [1.54, 1.807) is 6.20 Å². The topological polar surface area (TPSA) is 80.9 Å². The second-order valence-corrected chi connectivity index (χ2v) is 6.09. The number of anilines is 1. The van der Waals surface area contributed by atoms with Gasteiger partial charge in [0.25, 0.3) is 5.89 Å². The zero-order chi connectivity index (χ0) is 16.1. The molecular weight excluding hydrogens is 312 g/mol. The minimum absolute atomic E-state index is 0.0685. The number of hydrogen-bond acceptors (Lipinski definition) is 6. The van der Waals surface area contributed by atoms with Gasteiger partial charge in [-0.15, -0.1) is 11.3 Å². The van der Waals surface area contributed by atoms with Crippen LogP contribution in [0.25, 0.3) is 10.8 Å². The van der Waals surface area contributed by atoms with Crippen molar-refractivity contribution in [2.45, 2.75) is 26.2 Å². The Bertz CT molecular complexity index is 782. The third-order valence-corrected chi connectivity index (χ3v) is 4.12. The van der Waals surface area contributed by atoms with Crippen molar-refractivity contribution in [2.24, 2.45) is 0 Å². The maximum Gasteiger partial charge on any atom is 0.269 e. The van der Waals surface area contributed by atoms with E-state index in [9.17, 15) is 4.79 Å². The first kappa shape index (κ1) is 15.4. The van der Waals surface area contributed by atoms with Crippen LogP contribution in [-0.4, -0.2) is 21.0 Å². The first-order valence-corrected chi connectivity index (χ1v) is 8.19. The first-order chi connectivity index (χ1) is 11.2. The van der Waals surface area contributed by atoms with Crippen LogP contribution in [0.4, 0.5) is 5.69 Å². The average Bonchev–Trinajstić information content (AvgIpc) is 3.18. The normalized spacial score (nSPS) is 10.7. The second kappa shape index (κ2) is 7.15. The molecule has 0 unspecified atom stereocenters. The Morgan fingerprint density at radius 2 is 2.13 bits per heavy atom. The standard InChI is InChI=1S/C16H16N4O2S/c1-2-6-15-17-10-12(23-15)16-19-13(20-22-16)9-14(21)18-11-7-4-3-5-8-11/h3-5,7-8,10H,2,6,9H2,1H3,(H,18,21). The molecule has 0 bridgehead atoms. The molecule has 0 fully saturated rings. The molecule has 6 nitrogen and oxygen atoms in total. The fourth-order valence-corrected chi connectivity index (χ4v) is 2.98. The van der Waals surface area contributed by atoms with E-state index in [1.807, 2.05) is 30.3 Å². The van der Waals surface area contributed by atoms with Gasteiger partial charge in [-0.1, -0.05) is 30.3 Å². The van der Waals surface area contributed by atoms with Crippen LogP contribution in [0.15, 0.2) is 41.1 Å². The first-order valence-electron chi connectivity index (χ1n) is 7.37. The molecular formula is C16H16N4O2S. The lowest BCUT2D eigenvalue weighted by molar-refractivity contribution is -0.115. The van der Waals surface area contributed by atoms with Gasteiger partial charge in [-0.3, -0.25) is 4.79 Å². The van der Waals surface area contributed by atoms with E-state index < -0.39 is 0 Å². The Balaban J connectivity index is 1.63. The van der Waals surface area contributed by atoms with Gasteiger partial charge in [0.05, 0.1) is 17.6 Å². The van der Waals surface area contributed by atoms with Gasteiger partial charge >= 0.3 is 0 Å². The molecule has 7 heteroatoms. The molecule has 3 aromatic rings. The summed E-state index contributed by atoms with van der Waals surface area (Å²) in [5, 5.41) is 7.70. The van der Waals surface area contributed by atoms with E-state index in [4.69, 9.17) is 4.52 Å². The zero-order valence-corrected chi connectivity index (χ0v) is 13.5. The third kappa shape index (κ3) is 4.01. The summed E-state index contributed by atoms with van der Waals surface area (Å²) in [6.07, 6.45) is 3.78. The number of nitrogens with zero attached hydrogens (tertiary/aromatic N) is 3. The fourth-order valence-electron chi connectivity index (χ4n) is 2.03. The molecule has 0 aliphatic carbocycles. The van der Waals surface area contributed by atoms with Gasteiger partial charge in [-0.2, -0.15) is 4.98 Å². The number of para-hydroxylation sites is 1. The Labute approximate surface area is 137 Å². The highest BCUT2D eigenvalue weighted by Gasteiger charge is 2.14. The zero-order valence-electron chi connectivity index (χ0n) is 12.7. The van der Waals surface area contributed by atoms with Gasteiger partial charge < -0.3 is 9.84 Å². The van der Waals surface area contributed by atoms with Gasteiger partial charge in [0, 0.05) is 5.69 Å². The molecule has 1 N–H and O–H groups in total. The Morgan fingerprint density at radius 3 is 2.91 bits per heavy atom. The lowest BCUT2D eigenvalue weighted by Crippen LogP contribution is -2.15. The SMILES string of the molecule is CCCc1ncc(-c2nc(CC(=O)Nc3ccccc3)no2)s1. The summed E-state index contributed by atoms with van der Waals surface area (Å²) in [7, 11) is 0. The number of thiazole rings is 1. The Kier molecular flexibility index (Phi) is 4.77. The van der Waals surface area contributed by atoms with Crippen molar-refractivity contribution in [1.82, 2.24) is 15.1 Å². The van der Waals surface area contributed by atoms with Gasteiger partial charge in [-0.25, -0.2) is 4.98 Å². The van der Waals surface area contributed by atoms with Crippen molar-refractivity contribution in [3.8, 4) is 10.8 Å². The Morgan fingerprint density at radius 1 is 1.30 bits per heavy atom. The molecule has 23 heavy (non-hydrogen) atoms. The molecule has 0 radical (unpaired) electrons. The van der Waals surface area contributed by atoms with Crippen LogP contribution in [0.3, 0.4) is 0 Å². The quantitative estimate of drug-likeness (QED) is 0.750. The van der Waals surface area contributed by atoms with Crippen LogP contribution >= 0.6 is 11.3 Å². The molecule has 0 saturated heterocycles. The third-order valence-electron chi connectivity index (χ3n) is 3.07. The van der Waals surface area contributed by atoms with Crippen LogP contribution in [0.5, 0.6) is 0 Å². The van der Waals surface area contributed by atoms with Crippen molar-refractivity contribution in [3.05, 3.63) is 47.4 Å². The summed E-state index contributed by atoms with van der Waals surface area (Å²) < 4.78 is 5.22. The van der Waals surface area contributed by atoms with E-state index >= 15 is 0 Å². The summed E-state index contributed by atoms with van der Waals surface area (Å²) in [5.41, 5.74) is 0.743. The number of aromatic nitrogens is 3. The predicted octanol–water partition coefficient (Wildman–Crippen LogP) is 3.33. The molecule has 3 rings (SSSR count). The molecule has 1 aromatic carbocycles. The molecule has 0 aliphatic heterocycles. The van der Waals surface area contributed by atoms with Crippen molar-refractivity contribution < 1.29 is 9.32 Å². The van der Waals surface area contributed by atoms with Gasteiger partial charge in [0.2, 0.25) is 5.91 Å². The van der Waals surface area contributed by atoms with Crippen LogP contribution < -0.4 is 5.32 Å². The number of rotatable bonds is 6. The van der Waals surface area contributed by atoms with Crippen molar-refractivity contribution >= 4 is 22.9 Å². The summed E-state index contributed by atoms with van der Waals surface area (Å²) in [6, 6.07) is 9.26. The maximum atomic E-state index is 12.0. The highest BCUT2D eigenvalue weighted by Crippen LogP contribution is 2.25. The summed E-state index contributed by atoms with van der Waals surface area (Å²) in [4.78, 5) is 21.4. The highest BCUT2D eigenvalue weighted by atomic mass is 32.1. The largest absolute Gasteiger partial charge is 0.333 e. The predicted molar refractivity (Wildman–Crippen MR) is 88.2 cm³/mol.